The van der Waals surface area contributed by atoms with E-state index in [0.717, 1.165) is 13.0 Å². The first-order valence-corrected chi connectivity index (χ1v) is 7.65. The van der Waals surface area contributed by atoms with Gasteiger partial charge in [0, 0.05) is 7.11 Å². The summed E-state index contributed by atoms with van der Waals surface area (Å²) in [6.45, 7) is 7.76. The summed E-state index contributed by atoms with van der Waals surface area (Å²) in [5, 5.41) is 3.72. The Kier molecular flexibility index (Phi) is 6.95. The Labute approximate surface area is 113 Å². The first-order chi connectivity index (χ1) is 8.68. The molecule has 1 aliphatic rings. The zero-order valence-electron chi connectivity index (χ0n) is 12.7. The molecule has 0 fully saturated rings. The zero-order chi connectivity index (χ0) is 13.4. The maximum atomic E-state index is 5.84. The van der Waals surface area contributed by atoms with Gasteiger partial charge in [0.1, 0.15) is 0 Å². The van der Waals surface area contributed by atoms with Crippen LogP contribution in [-0.2, 0) is 4.74 Å². The molecule has 2 atom stereocenters. The highest BCUT2D eigenvalue weighted by Crippen LogP contribution is 2.29. The second kappa shape index (κ2) is 7.96. The molecule has 0 spiro atoms. The van der Waals surface area contributed by atoms with Crippen molar-refractivity contribution in [1.29, 1.82) is 0 Å². The minimum atomic E-state index is -0.0780. The molecule has 0 saturated heterocycles. The van der Waals surface area contributed by atoms with Crippen LogP contribution in [0.1, 0.15) is 65.7 Å². The molecular formula is C16H31NO. The Morgan fingerprint density at radius 3 is 2.72 bits per heavy atom. The van der Waals surface area contributed by atoms with Crippen LogP contribution in [0.3, 0.4) is 0 Å². The zero-order valence-corrected chi connectivity index (χ0v) is 12.7. The van der Waals surface area contributed by atoms with Gasteiger partial charge in [-0.25, -0.2) is 0 Å². The van der Waals surface area contributed by atoms with Crippen LogP contribution in [0.4, 0.5) is 0 Å². The molecule has 1 rings (SSSR count). The highest BCUT2D eigenvalue weighted by Gasteiger charge is 2.34. The number of nitrogens with one attached hydrogen (secondary N) is 1. The number of rotatable bonds is 7. The average Bonchev–Trinajstić information content (AvgIpc) is 2.68. The highest BCUT2D eigenvalue weighted by molar-refractivity contribution is 5.18. The van der Waals surface area contributed by atoms with Crippen molar-refractivity contribution in [2.75, 3.05) is 13.7 Å². The minimum Gasteiger partial charge on any atom is -0.377 e. The summed E-state index contributed by atoms with van der Waals surface area (Å²) in [4.78, 5) is 0. The maximum Gasteiger partial charge on any atom is 0.0838 e. The lowest BCUT2D eigenvalue weighted by Crippen LogP contribution is -2.51. The first kappa shape index (κ1) is 15.7. The monoisotopic (exact) mass is 253 g/mol. The van der Waals surface area contributed by atoms with Crippen LogP contribution in [0.5, 0.6) is 0 Å². The van der Waals surface area contributed by atoms with Gasteiger partial charge in [-0.3, -0.25) is 0 Å². The standard InChI is InChI=1S/C16H31NO/c1-5-13-17-15(16(3,6-2)18-4)14-11-9-7-8-10-12-14/h11,15,17H,5-10,12-13H2,1-4H3. The lowest BCUT2D eigenvalue weighted by molar-refractivity contribution is -0.0198. The molecule has 0 aromatic carbocycles. The van der Waals surface area contributed by atoms with Gasteiger partial charge in [-0.1, -0.05) is 31.9 Å². The molecule has 1 aliphatic carbocycles. The van der Waals surface area contributed by atoms with Crippen molar-refractivity contribution < 1.29 is 4.74 Å². The van der Waals surface area contributed by atoms with Crippen LogP contribution in [0, 0.1) is 0 Å². The van der Waals surface area contributed by atoms with Gasteiger partial charge in [0.2, 0.25) is 0 Å². The predicted molar refractivity (Wildman–Crippen MR) is 79.0 cm³/mol. The van der Waals surface area contributed by atoms with Gasteiger partial charge in [-0.2, -0.15) is 0 Å². The number of ether oxygens (including phenoxy) is 1. The summed E-state index contributed by atoms with van der Waals surface area (Å²) in [7, 11) is 1.85. The highest BCUT2D eigenvalue weighted by atomic mass is 16.5. The second-order valence-corrected chi connectivity index (χ2v) is 5.64. The number of hydrogen-bond acceptors (Lipinski definition) is 2. The van der Waals surface area contributed by atoms with Gasteiger partial charge in [-0.05, 0) is 52.0 Å². The normalized spacial score (nSPS) is 21.9. The van der Waals surface area contributed by atoms with Crippen molar-refractivity contribution in [1.82, 2.24) is 5.32 Å². The summed E-state index contributed by atoms with van der Waals surface area (Å²) in [5.41, 5.74) is 1.50. The molecule has 18 heavy (non-hydrogen) atoms. The van der Waals surface area contributed by atoms with E-state index in [1.807, 2.05) is 7.11 Å². The van der Waals surface area contributed by atoms with E-state index in [4.69, 9.17) is 4.74 Å². The minimum absolute atomic E-state index is 0.0780. The van der Waals surface area contributed by atoms with Gasteiger partial charge in [-0.15, -0.1) is 0 Å². The number of methoxy groups -OCH3 is 1. The van der Waals surface area contributed by atoms with Crippen LogP contribution in [-0.4, -0.2) is 25.3 Å². The van der Waals surface area contributed by atoms with Crippen LogP contribution >= 0.6 is 0 Å². The van der Waals surface area contributed by atoms with Gasteiger partial charge in [0.25, 0.3) is 0 Å². The Hall–Kier alpha value is -0.340. The van der Waals surface area contributed by atoms with Crippen molar-refractivity contribution in [3.8, 4) is 0 Å². The molecule has 0 saturated carbocycles. The first-order valence-electron chi connectivity index (χ1n) is 7.65. The van der Waals surface area contributed by atoms with E-state index >= 15 is 0 Å². The van der Waals surface area contributed by atoms with Crippen molar-refractivity contribution in [2.45, 2.75) is 77.4 Å². The molecule has 0 aliphatic heterocycles. The van der Waals surface area contributed by atoms with Gasteiger partial charge >= 0.3 is 0 Å². The van der Waals surface area contributed by atoms with Crippen LogP contribution in [0.15, 0.2) is 11.6 Å². The maximum absolute atomic E-state index is 5.84. The van der Waals surface area contributed by atoms with Gasteiger partial charge in [0.15, 0.2) is 0 Å². The van der Waals surface area contributed by atoms with Crippen molar-refractivity contribution in [2.24, 2.45) is 0 Å². The predicted octanol–water partition coefficient (Wildman–Crippen LogP) is 4.06. The van der Waals surface area contributed by atoms with Gasteiger partial charge < -0.3 is 10.1 Å². The lowest BCUT2D eigenvalue weighted by Gasteiger charge is -2.38. The van der Waals surface area contributed by atoms with E-state index in [1.54, 1.807) is 5.57 Å². The van der Waals surface area contributed by atoms with Crippen molar-refractivity contribution >= 4 is 0 Å². The molecular weight excluding hydrogens is 222 g/mol. The molecule has 0 aromatic heterocycles. The Morgan fingerprint density at radius 1 is 1.33 bits per heavy atom. The summed E-state index contributed by atoms with van der Waals surface area (Å²) < 4.78 is 5.84. The summed E-state index contributed by atoms with van der Waals surface area (Å²) in [6, 6.07) is 0.380. The molecule has 0 aromatic rings. The average molecular weight is 253 g/mol. The van der Waals surface area contributed by atoms with E-state index in [0.29, 0.717) is 6.04 Å². The Morgan fingerprint density at radius 2 is 2.11 bits per heavy atom. The number of allylic oxidation sites excluding steroid dienone is 1. The third kappa shape index (κ3) is 4.10. The molecule has 0 radical (unpaired) electrons. The Bertz CT molecular complexity index is 256. The largest absolute Gasteiger partial charge is 0.377 e. The number of hydrogen-bond donors (Lipinski definition) is 1. The van der Waals surface area contributed by atoms with Crippen molar-refractivity contribution in [3.05, 3.63) is 11.6 Å². The molecule has 2 nitrogen and oxygen atoms in total. The molecule has 0 heterocycles. The van der Waals surface area contributed by atoms with E-state index < -0.39 is 0 Å². The lowest BCUT2D eigenvalue weighted by atomic mass is 9.85. The molecule has 0 bridgehead atoms. The second-order valence-electron chi connectivity index (χ2n) is 5.64. The van der Waals surface area contributed by atoms with E-state index in [1.165, 1.54) is 38.5 Å². The summed E-state index contributed by atoms with van der Waals surface area (Å²) in [5.74, 6) is 0. The SMILES string of the molecule is CCCNC(C1=CCCCCC1)C(C)(CC)OC. The molecule has 0 amide bonds. The fraction of sp³-hybridized carbons (Fsp3) is 0.875. The Balaban J connectivity index is 2.84. The van der Waals surface area contributed by atoms with Crippen LogP contribution < -0.4 is 5.32 Å². The molecule has 2 unspecified atom stereocenters. The van der Waals surface area contributed by atoms with Crippen molar-refractivity contribution in [3.63, 3.8) is 0 Å². The topological polar surface area (TPSA) is 21.3 Å². The summed E-state index contributed by atoms with van der Waals surface area (Å²) in [6.07, 6.45) is 11.2. The third-order valence-electron chi connectivity index (χ3n) is 4.32. The summed E-state index contributed by atoms with van der Waals surface area (Å²) >= 11 is 0. The fourth-order valence-corrected chi connectivity index (χ4v) is 2.80. The molecule has 2 heteroatoms. The van der Waals surface area contributed by atoms with Crippen LogP contribution in [0.25, 0.3) is 0 Å². The van der Waals surface area contributed by atoms with Crippen LogP contribution in [0.2, 0.25) is 0 Å². The fourth-order valence-electron chi connectivity index (χ4n) is 2.80. The third-order valence-corrected chi connectivity index (χ3v) is 4.32. The quantitative estimate of drug-likeness (QED) is 0.691. The van der Waals surface area contributed by atoms with E-state index in [9.17, 15) is 0 Å². The molecule has 106 valence electrons. The van der Waals surface area contributed by atoms with E-state index in [2.05, 4.69) is 32.2 Å². The van der Waals surface area contributed by atoms with Gasteiger partial charge in [0.05, 0.1) is 11.6 Å². The van der Waals surface area contributed by atoms with E-state index in [-0.39, 0.29) is 5.60 Å². The molecule has 1 N–H and O–H groups in total. The smallest absolute Gasteiger partial charge is 0.0838 e.